The predicted octanol–water partition coefficient (Wildman–Crippen LogP) is 1.97. The molecule has 2 rings (SSSR count). The Hall–Kier alpha value is -0.0900. The van der Waals surface area contributed by atoms with Crippen molar-refractivity contribution in [3.63, 3.8) is 0 Å². The van der Waals surface area contributed by atoms with E-state index in [4.69, 9.17) is 5.11 Å². The fraction of sp³-hybridized carbons (Fsp3) is 0.917. The zero-order valence-electron chi connectivity index (χ0n) is 9.54. The number of hydrogen-bond donors (Lipinski definition) is 2. The van der Waals surface area contributed by atoms with Crippen molar-refractivity contribution in [3.8, 4) is 0 Å². The topological polar surface area (TPSA) is 49.3 Å². The van der Waals surface area contributed by atoms with E-state index in [1.807, 2.05) is 0 Å². The Morgan fingerprint density at radius 3 is 2.38 bits per heavy atom. The second kappa shape index (κ2) is 5.05. The van der Waals surface area contributed by atoms with E-state index >= 15 is 0 Å². The van der Waals surface area contributed by atoms with Gasteiger partial charge >= 0.3 is 0 Å². The molecule has 0 heterocycles. The first kappa shape index (κ1) is 12.4. The third-order valence-corrected chi connectivity index (χ3v) is 5.15. The summed E-state index contributed by atoms with van der Waals surface area (Å²) in [5.74, 6) is 0.626. The number of carbonyl (C=O) groups is 1. The highest BCUT2D eigenvalue weighted by atomic mass is 79.9. The number of alkyl halides is 1. The smallest absolute Gasteiger partial charge is 0.237 e. The van der Waals surface area contributed by atoms with Crippen LogP contribution in [-0.2, 0) is 4.79 Å². The molecule has 0 spiro atoms. The number of nitrogens with one attached hydrogen (secondary N) is 1. The van der Waals surface area contributed by atoms with Gasteiger partial charge in [0, 0.05) is 12.6 Å². The van der Waals surface area contributed by atoms with Crippen molar-refractivity contribution in [2.24, 2.45) is 5.92 Å². The van der Waals surface area contributed by atoms with Crippen LogP contribution >= 0.6 is 15.9 Å². The number of aliphatic hydroxyl groups excluding tert-OH is 1. The van der Waals surface area contributed by atoms with Gasteiger partial charge in [0.25, 0.3) is 0 Å². The fourth-order valence-corrected chi connectivity index (χ4v) is 3.19. The van der Waals surface area contributed by atoms with Gasteiger partial charge in [-0.3, -0.25) is 4.79 Å². The van der Waals surface area contributed by atoms with Crippen molar-refractivity contribution in [1.82, 2.24) is 5.32 Å². The summed E-state index contributed by atoms with van der Waals surface area (Å²) in [6, 6.07) is 0.324. The van der Waals surface area contributed by atoms with Crippen molar-refractivity contribution < 1.29 is 9.90 Å². The van der Waals surface area contributed by atoms with Crippen LogP contribution in [0.4, 0.5) is 0 Å². The number of hydrogen-bond acceptors (Lipinski definition) is 2. The van der Waals surface area contributed by atoms with E-state index in [2.05, 4.69) is 21.2 Å². The Kier molecular flexibility index (Phi) is 3.90. The van der Waals surface area contributed by atoms with E-state index in [1.54, 1.807) is 0 Å². The summed E-state index contributed by atoms with van der Waals surface area (Å²) in [6.07, 6.45) is 7.18. The highest BCUT2D eigenvalue weighted by Crippen LogP contribution is 2.40. The fourth-order valence-electron chi connectivity index (χ4n) is 2.52. The molecule has 16 heavy (non-hydrogen) atoms. The van der Waals surface area contributed by atoms with Gasteiger partial charge < -0.3 is 10.4 Å². The molecule has 2 fully saturated rings. The summed E-state index contributed by atoms with van der Waals surface area (Å²) in [5, 5.41) is 12.2. The van der Waals surface area contributed by atoms with Gasteiger partial charge in [0.05, 0.1) is 0 Å². The molecule has 2 N–H and O–H groups in total. The van der Waals surface area contributed by atoms with Gasteiger partial charge in [-0.2, -0.15) is 0 Å². The first-order chi connectivity index (χ1) is 7.64. The first-order valence-corrected chi connectivity index (χ1v) is 7.04. The average molecular weight is 290 g/mol. The molecule has 2 aliphatic carbocycles. The minimum Gasteiger partial charge on any atom is -0.396 e. The molecule has 0 radical (unpaired) electrons. The molecule has 0 aromatic carbocycles. The number of halogens is 1. The lowest BCUT2D eigenvalue weighted by Crippen LogP contribution is -2.51. The Morgan fingerprint density at radius 2 is 1.94 bits per heavy atom. The third kappa shape index (κ3) is 2.59. The summed E-state index contributed by atoms with van der Waals surface area (Å²) in [4.78, 5) is 12.0. The number of amides is 1. The van der Waals surface area contributed by atoms with E-state index in [0.29, 0.717) is 18.6 Å². The van der Waals surface area contributed by atoms with E-state index in [9.17, 15) is 4.79 Å². The Labute approximate surface area is 105 Å². The van der Waals surface area contributed by atoms with Gasteiger partial charge in [0.15, 0.2) is 0 Å². The molecule has 0 saturated heterocycles. The maximum absolute atomic E-state index is 12.0. The molecule has 92 valence electrons. The average Bonchev–Trinajstić information content (AvgIpc) is 2.27. The standard InChI is InChI=1S/C12H20BrNO2/c13-12(6-1-7-12)11(16)14-10-4-2-9(8-15)3-5-10/h9-10,15H,1-8H2,(H,14,16). The minimum absolute atomic E-state index is 0.172. The molecule has 4 heteroatoms. The molecular formula is C12H20BrNO2. The first-order valence-electron chi connectivity index (χ1n) is 6.25. The maximum atomic E-state index is 12.0. The van der Waals surface area contributed by atoms with Gasteiger partial charge in [0.1, 0.15) is 4.32 Å². The minimum atomic E-state index is -0.263. The summed E-state index contributed by atoms with van der Waals surface area (Å²) in [6.45, 7) is 0.295. The molecule has 0 aromatic rings. The quantitative estimate of drug-likeness (QED) is 0.781. The van der Waals surface area contributed by atoms with E-state index in [-0.39, 0.29) is 10.2 Å². The van der Waals surface area contributed by atoms with Crippen molar-refractivity contribution >= 4 is 21.8 Å². The van der Waals surface area contributed by atoms with Crippen LogP contribution in [0, 0.1) is 5.92 Å². The molecule has 0 aromatic heterocycles. The van der Waals surface area contributed by atoms with Crippen LogP contribution in [0.2, 0.25) is 0 Å². The number of aliphatic hydroxyl groups is 1. The third-order valence-electron chi connectivity index (χ3n) is 3.99. The van der Waals surface area contributed by atoms with E-state index in [1.165, 1.54) is 0 Å². The molecule has 0 atom stereocenters. The van der Waals surface area contributed by atoms with Crippen molar-refractivity contribution in [2.45, 2.75) is 55.3 Å². The highest BCUT2D eigenvalue weighted by Gasteiger charge is 2.42. The molecule has 3 nitrogen and oxygen atoms in total. The molecule has 1 amide bonds. The molecule has 0 bridgehead atoms. The van der Waals surface area contributed by atoms with Gasteiger partial charge in [-0.1, -0.05) is 15.9 Å². The van der Waals surface area contributed by atoms with Crippen LogP contribution in [-0.4, -0.2) is 28.0 Å². The summed E-state index contributed by atoms with van der Waals surface area (Å²) >= 11 is 3.53. The van der Waals surface area contributed by atoms with Crippen LogP contribution in [0.1, 0.15) is 44.9 Å². The number of carbonyl (C=O) groups excluding carboxylic acids is 1. The Bertz CT molecular complexity index is 258. The lowest BCUT2D eigenvalue weighted by atomic mass is 9.82. The zero-order chi connectivity index (χ0) is 11.6. The van der Waals surface area contributed by atoms with Crippen LogP contribution < -0.4 is 5.32 Å². The zero-order valence-corrected chi connectivity index (χ0v) is 11.1. The van der Waals surface area contributed by atoms with Crippen LogP contribution in [0.5, 0.6) is 0 Å². The number of rotatable bonds is 3. The summed E-state index contributed by atoms with van der Waals surface area (Å²) in [5.41, 5.74) is 0. The molecule has 0 aliphatic heterocycles. The van der Waals surface area contributed by atoms with E-state index < -0.39 is 0 Å². The van der Waals surface area contributed by atoms with Gasteiger partial charge in [0.2, 0.25) is 5.91 Å². The predicted molar refractivity (Wildman–Crippen MR) is 66.5 cm³/mol. The van der Waals surface area contributed by atoms with Gasteiger partial charge in [-0.05, 0) is 50.9 Å². The van der Waals surface area contributed by atoms with Crippen molar-refractivity contribution in [2.75, 3.05) is 6.61 Å². The van der Waals surface area contributed by atoms with Gasteiger partial charge in [-0.25, -0.2) is 0 Å². The second-order valence-electron chi connectivity index (χ2n) is 5.19. The van der Waals surface area contributed by atoms with Gasteiger partial charge in [-0.15, -0.1) is 0 Å². The van der Waals surface area contributed by atoms with Crippen LogP contribution in [0.3, 0.4) is 0 Å². The van der Waals surface area contributed by atoms with Crippen molar-refractivity contribution in [1.29, 1.82) is 0 Å². The highest BCUT2D eigenvalue weighted by molar-refractivity contribution is 9.10. The molecule has 2 aliphatic rings. The molecule has 2 saturated carbocycles. The monoisotopic (exact) mass is 289 g/mol. The lowest BCUT2D eigenvalue weighted by Gasteiger charge is -2.37. The molecular weight excluding hydrogens is 270 g/mol. The van der Waals surface area contributed by atoms with Crippen LogP contribution in [0.25, 0.3) is 0 Å². The maximum Gasteiger partial charge on any atom is 0.237 e. The lowest BCUT2D eigenvalue weighted by molar-refractivity contribution is -0.126. The molecule has 0 unspecified atom stereocenters. The Balaban J connectivity index is 1.76. The summed E-state index contributed by atoms with van der Waals surface area (Å²) < 4.78 is -0.263. The second-order valence-corrected chi connectivity index (χ2v) is 6.71. The van der Waals surface area contributed by atoms with Crippen molar-refractivity contribution in [3.05, 3.63) is 0 Å². The Morgan fingerprint density at radius 1 is 1.31 bits per heavy atom. The SMILES string of the molecule is O=C(NC1CCC(CO)CC1)C1(Br)CCC1. The van der Waals surface area contributed by atoms with E-state index in [0.717, 1.165) is 44.9 Å². The largest absolute Gasteiger partial charge is 0.396 e. The summed E-state index contributed by atoms with van der Waals surface area (Å²) in [7, 11) is 0. The van der Waals surface area contributed by atoms with Crippen LogP contribution in [0.15, 0.2) is 0 Å². The normalized spacial score (nSPS) is 32.9.